The zero-order valence-electron chi connectivity index (χ0n) is 19.5. The number of fused-ring (bicyclic) bond motifs is 1. The third-order valence-corrected chi connectivity index (χ3v) is 8.41. The quantitative estimate of drug-likeness (QED) is 0.227. The second-order valence-corrected chi connectivity index (χ2v) is 10.8. The monoisotopic (exact) mass is 582 g/mol. The van der Waals surface area contributed by atoms with E-state index < -0.39 is 36.0 Å². The van der Waals surface area contributed by atoms with Gasteiger partial charge in [-0.05, 0) is 70.8 Å². The lowest BCUT2D eigenvalue weighted by Gasteiger charge is -2.50. The van der Waals surface area contributed by atoms with Crippen molar-refractivity contribution < 1.29 is 19.1 Å². The van der Waals surface area contributed by atoms with Crippen LogP contribution in [0.1, 0.15) is 54.8 Å². The molecule has 0 fully saturated rings. The number of carbonyl (C=O) groups is 2. The molecule has 3 aliphatic rings. The topological polar surface area (TPSA) is 52.6 Å². The van der Waals surface area contributed by atoms with Crippen molar-refractivity contribution in [3.05, 3.63) is 138 Å². The van der Waals surface area contributed by atoms with E-state index in [2.05, 4.69) is 0 Å². The first-order valence-corrected chi connectivity index (χ1v) is 13.4. The molecule has 0 aromatic heterocycles. The van der Waals surface area contributed by atoms with Gasteiger partial charge in [-0.25, -0.2) is 9.59 Å². The second-order valence-electron chi connectivity index (χ2n) is 9.14. The zero-order valence-corrected chi connectivity index (χ0v) is 22.6. The molecule has 2 unspecified atom stereocenters. The molecule has 0 amide bonds. The summed E-state index contributed by atoms with van der Waals surface area (Å²) in [7, 11) is 0. The fraction of sp³-hybridized carbons (Fsp3) is 0.133. The van der Waals surface area contributed by atoms with Crippen molar-refractivity contribution in [3.8, 4) is 0 Å². The smallest absolute Gasteiger partial charge is 0.338 e. The highest BCUT2D eigenvalue weighted by Crippen LogP contribution is 2.61. The maximum atomic E-state index is 13.3. The summed E-state index contributed by atoms with van der Waals surface area (Å²) in [6, 6.07) is 24.0. The number of esters is 2. The van der Waals surface area contributed by atoms with E-state index in [-0.39, 0.29) is 0 Å². The Morgan fingerprint density at radius 2 is 0.763 bits per heavy atom. The molecular formula is C30H18Cl4O4. The van der Waals surface area contributed by atoms with Gasteiger partial charge < -0.3 is 9.47 Å². The molecule has 8 heteroatoms. The van der Waals surface area contributed by atoms with Gasteiger partial charge in [0.1, 0.15) is 0 Å². The standard InChI is InChI=1S/C30H18Cl4O4/c31-17-11-13-19(33)23-21(17)25-22-18(32)12-14-20(34)24(22)26(23)28(38-30(36)16-9-5-2-6-10-16)27(25)37-29(35)15-7-3-1-4-8-15/h1-14,25-28H/t25-,26-,27?,28?. The summed E-state index contributed by atoms with van der Waals surface area (Å²) in [5, 5.41) is 1.76. The Morgan fingerprint density at radius 3 is 1.05 bits per heavy atom. The lowest BCUT2D eigenvalue weighted by Crippen LogP contribution is -2.51. The van der Waals surface area contributed by atoms with Gasteiger partial charge >= 0.3 is 11.9 Å². The van der Waals surface area contributed by atoms with Crippen LogP contribution >= 0.6 is 46.4 Å². The SMILES string of the molecule is O=C(OC1C(OC(=O)c2ccccc2)[C@H]2c3c(Cl)ccc(Cl)c3[C@H]1c1c(Cl)ccc(Cl)c12)c1ccccc1. The van der Waals surface area contributed by atoms with Crippen molar-refractivity contribution in [1.29, 1.82) is 0 Å². The number of carbonyl (C=O) groups excluding carboxylic acids is 2. The van der Waals surface area contributed by atoms with Crippen molar-refractivity contribution in [2.75, 3.05) is 0 Å². The van der Waals surface area contributed by atoms with Gasteiger partial charge in [-0.3, -0.25) is 0 Å². The van der Waals surface area contributed by atoms with E-state index in [4.69, 9.17) is 55.9 Å². The average molecular weight is 584 g/mol. The van der Waals surface area contributed by atoms with Crippen LogP contribution in [0.5, 0.6) is 0 Å². The van der Waals surface area contributed by atoms with Crippen LogP contribution in [0.2, 0.25) is 20.1 Å². The van der Waals surface area contributed by atoms with Crippen molar-refractivity contribution in [3.63, 3.8) is 0 Å². The van der Waals surface area contributed by atoms with Crippen LogP contribution < -0.4 is 0 Å². The molecule has 3 aliphatic carbocycles. The zero-order chi connectivity index (χ0) is 26.6. The van der Waals surface area contributed by atoms with E-state index in [9.17, 15) is 9.59 Å². The number of benzene rings is 4. The van der Waals surface area contributed by atoms with Crippen LogP contribution in [0.25, 0.3) is 0 Å². The lowest BCUT2D eigenvalue weighted by atomic mass is 9.60. The van der Waals surface area contributed by atoms with Gasteiger partial charge in [0, 0.05) is 20.1 Å². The van der Waals surface area contributed by atoms with Crippen molar-refractivity contribution >= 4 is 58.3 Å². The third kappa shape index (κ3) is 4.07. The summed E-state index contributed by atoms with van der Waals surface area (Å²) in [5.41, 5.74) is 3.43. The van der Waals surface area contributed by atoms with E-state index >= 15 is 0 Å². The first-order chi connectivity index (χ1) is 18.4. The van der Waals surface area contributed by atoms with E-state index in [1.807, 2.05) is 0 Å². The number of rotatable bonds is 4. The van der Waals surface area contributed by atoms with Gasteiger partial charge in [-0.15, -0.1) is 0 Å². The van der Waals surface area contributed by atoms with Crippen LogP contribution in [-0.4, -0.2) is 24.1 Å². The predicted molar refractivity (Wildman–Crippen MR) is 148 cm³/mol. The molecule has 7 rings (SSSR count). The van der Waals surface area contributed by atoms with E-state index in [1.54, 1.807) is 84.9 Å². The first kappa shape index (κ1) is 25.3. The second kappa shape index (κ2) is 9.94. The minimum atomic E-state index is -0.952. The fourth-order valence-corrected chi connectivity index (χ4v) is 6.69. The lowest BCUT2D eigenvalue weighted by molar-refractivity contribution is -0.0556. The highest BCUT2D eigenvalue weighted by atomic mass is 35.5. The summed E-state index contributed by atoms with van der Waals surface area (Å²) in [6.45, 7) is 0. The third-order valence-electron chi connectivity index (χ3n) is 7.09. The molecule has 0 saturated carbocycles. The molecule has 4 nitrogen and oxygen atoms in total. The van der Waals surface area contributed by atoms with Gasteiger partial charge in [-0.1, -0.05) is 82.8 Å². The number of ether oxygens (including phenoxy) is 2. The normalized spacial score (nSPS) is 20.8. The maximum absolute atomic E-state index is 13.3. The molecule has 0 radical (unpaired) electrons. The van der Waals surface area contributed by atoms with Crippen LogP contribution in [0, 0.1) is 0 Å². The summed E-state index contributed by atoms with van der Waals surface area (Å²) in [5.74, 6) is -2.49. The van der Waals surface area contributed by atoms with Gasteiger partial charge in [-0.2, -0.15) is 0 Å². The Labute approximate surface area is 239 Å². The molecule has 4 aromatic carbocycles. The van der Waals surface area contributed by atoms with Crippen LogP contribution in [0.15, 0.2) is 84.9 Å². The minimum Gasteiger partial charge on any atom is -0.454 e. The predicted octanol–water partition coefficient (Wildman–Crippen LogP) is 8.34. The molecule has 190 valence electrons. The largest absolute Gasteiger partial charge is 0.454 e. The van der Waals surface area contributed by atoms with Crippen molar-refractivity contribution in [2.45, 2.75) is 24.0 Å². The van der Waals surface area contributed by atoms with E-state index in [1.165, 1.54) is 0 Å². The van der Waals surface area contributed by atoms with Crippen LogP contribution in [0.4, 0.5) is 0 Å². The van der Waals surface area contributed by atoms with Crippen molar-refractivity contribution in [1.82, 2.24) is 0 Å². The molecule has 0 aliphatic heterocycles. The minimum absolute atomic E-state index is 0.358. The van der Waals surface area contributed by atoms with Gasteiger partial charge in [0.05, 0.1) is 23.0 Å². The molecule has 0 spiro atoms. The molecule has 2 atom stereocenters. The Kier molecular flexibility index (Phi) is 6.61. The average Bonchev–Trinajstić information content (AvgIpc) is 2.94. The molecule has 0 heterocycles. The van der Waals surface area contributed by atoms with Crippen LogP contribution in [-0.2, 0) is 9.47 Å². The van der Waals surface area contributed by atoms with E-state index in [0.29, 0.717) is 53.5 Å². The fourth-order valence-electron chi connectivity index (χ4n) is 5.56. The molecular weight excluding hydrogens is 566 g/mol. The number of hydrogen-bond donors (Lipinski definition) is 0. The van der Waals surface area contributed by atoms with Gasteiger partial charge in [0.2, 0.25) is 0 Å². The first-order valence-electron chi connectivity index (χ1n) is 11.8. The molecule has 0 saturated heterocycles. The van der Waals surface area contributed by atoms with Crippen molar-refractivity contribution in [2.24, 2.45) is 0 Å². The highest BCUT2D eigenvalue weighted by molar-refractivity contribution is 6.36. The Morgan fingerprint density at radius 1 is 0.474 bits per heavy atom. The Balaban J connectivity index is 1.56. The van der Waals surface area contributed by atoms with Gasteiger partial charge in [0.25, 0.3) is 0 Å². The molecule has 4 aromatic rings. The summed E-state index contributed by atoms with van der Waals surface area (Å²) >= 11 is 27.0. The summed E-state index contributed by atoms with van der Waals surface area (Å²) in [6.07, 6.45) is -1.90. The Bertz CT molecular complexity index is 1400. The molecule has 2 bridgehead atoms. The summed E-state index contributed by atoms with van der Waals surface area (Å²) < 4.78 is 12.3. The van der Waals surface area contributed by atoms with E-state index in [0.717, 1.165) is 0 Å². The maximum Gasteiger partial charge on any atom is 0.338 e. The molecule has 0 N–H and O–H groups in total. The highest BCUT2D eigenvalue weighted by Gasteiger charge is 2.56. The number of halogens is 4. The Hall–Kier alpha value is -3.02. The van der Waals surface area contributed by atoms with Crippen LogP contribution in [0.3, 0.4) is 0 Å². The molecule has 38 heavy (non-hydrogen) atoms. The number of hydrogen-bond acceptors (Lipinski definition) is 4. The summed E-state index contributed by atoms with van der Waals surface area (Å²) in [4.78, 5) is 26.7. The van der Waals surface area contributed by atoms with Gasteiger partial charge in [0.15, 0.2) is 12.2 Å².